The van der Waals surface area contributed by atoms with Gasteiger partial charge in [0.05, 0.1) is 5.54 Å². The van der Waals surface area contributed by atoms with Gasteiger partial charge in [0.2, 0.25) is 0 Å². The van der Waals surface area contributed by atoms with Crippen LogP contribution < -0.4 is 5.32 Å². The quantitative estimate of drug-likeness (QED) is 0.766. The number of piperazine rings is 1. The molecule has 0 aromatic carbocycles. The van der Waals surface area contributed by atoms with Gasteiger partial charge in [-0.1, -0.05) is 13.8 Å². The topological polar surface area (TPSA) is 41.6 Å². The fourth-order valence-electron chi connectivity index (χ4n) is 2.02. The predicted molar refractivity (Wildman–Crippen MR) is 69.1 cm³/mol. The summed E-state index contributed by atoms with van der Waals surface area (Å²) in [5.41, 5.74) is -0.597. The molecule has 0 radical (unpaired) electrons. The molecule has 1 N–H and O–H groups in total. The Labute approximate surface area is 105 Å². The lowest BCUT2D eigenvalue weighted by atomic mass is 9.85. The molecule has 1 heterocycles. The van der Waals surface area contributed by atoms with Crippen molar-refractivity contribution in [2.45, 2.75) is 52.7 Å². The number of carbonyl (C=O) groups excluding carboxylic acids is 1. The summed E-state index contributed by atoms with van der Waals surface area (Å²) >= 11 is 0. The predicted octanol–water partition coefficient (Wildman–Crippen LogP) is 2.24. The first-order valence-corrected chi connectivity index (χ1v) is 6.38. The highest BCUT2D eigenvalue weighted by Gasteiger charge is 2.41. The average Bonchev–Trinajstić information content (AvgIpc) is 2.15. The van der Waals surface area contributed by atoms with Crippen LogP contribution in [0.3, 0.4) is 0 Å². The minimum atomic E-state index is -0.431. The SMILES string of the molecule is CC(C)C1(C)CNCCN1C(=O)OC(C)(C)C. The fraction of sp³-hybridized carbons (Fsp3) is 0.923. The third-order valence-corrected chi connectivity index (χ3v) is 3.47. The Hall–Kier alpha value is -0.770. The first-order valence-electron chi connectivity index (χ1n) is 6.38. The highest BCUT2D eigenvalue weighted by molar-refractivity contribution is 5.69. The molecular weight excluding hydrogens is 216 g/mol. The van der Waals surface area contributed by atoms with E-state index in [0.717, 1.165) is 13.1 Å². The van der Waals surface area contributed by atoms with Gasteiger partial charge in [-0.15, -0.1) is 0 Å². The zero-order chi connectivity index (χ0) is 13.3. The molecule has 4 nitrogen and oxygen atoms in total. The van der Waals surface area contributed by atoms with Crippen LogP contribution in [0.5, 0.6) is 0 Å². The number of carbonyl (C=O) groups is 1. The maximum absolute atomic E-state index is 12.2. The van der Waals surface area contributed by atoms with Crippen molar-refractivity contribution in [2.75, 3.05) is 19.6 Å². The second-order valence-corrected chi connectivity index (χ2v) is 6.32. The van der Waals surface area contributed by atoms with E-state index in [2.05, 4.69) is 26.1 Å². The van der Waals surface area contributed by atoms with Crippen molar-refractivity contribution in [3.63, 3.8) is 0 Å². The summed E-state index contributed by atoms with van der Waals surface area (Å²) in [4.78, 5) is 14.1. The average molecular weight is 242 g/mol. The van der Waals surface area contributed by atoms with Crippen LogP contribution in [0.15, 0.2) is 0 Å². The van der Waals surface area contributed by atoms with E-state index in [0.29, 0.717) is 12.5 Å². The number of hydrogen-bond acceptors (Lipinski definition) is 3. The largest absolute Gasteiger partial charge is 0.444 e. The zero-order valence-electron chi connectivity index (χ0n) is 12.0. The van der Waals surface area contributed by atoms with E-state index in [9.17, 15) is 4.79 Å². The van der Waals surface area contributed by atoms with Gasteiger partial charge >= 0.3 is 6.09 Å². The van der Waals surface area contributed by atoms with Crippen molar-refractivity contribution < 1.29 is 9.53 Å². The molecule has 1 fully saturated rings. The van der Waals surface area contributed by atoms with Gasteiger partial charge in [0.15, 0.2) is 0 Å². The molecule has 1 unspecified atom stereocenters. The monoisotopic (exact) mass is 242 g/mol. The molecule has 0 saturated carbocycles. The summed E-state index contributed by atoms with van der Waals surface area (Å²) in [5.74, 6) is 0.391. The first kappa shape index (κ1) is 14.3. The van der Waals surface area contributed by atoms with E-state index in [1.165, 1.54) is 0 Å². The van der Waals surface area contributed by atoms with Crippen molar-refractivity contribution in [3.8, 4) is 0 Å². The number of nitrogens with one attached hydrogen (secondary N) is 1. The molecule has 1 saturated heterocycles. The van der Waals surface area contributed by atoms with Crippen LogP contribution in [-0.4, -0.2) is 41.8 Å². The zero-order valence-corrected chi connectivity index (χ0v) is 12.0. The number of amides is 1. The van der Waals surface area contributed by atoms with Crippen LogP contribution in [-0.2, 0) is 4.74 Å². The smallest absolute Gasteiger partial charge is 0.410 e. The Morgan fingerprint density at radius 2 is 2.00 bits per heavy atom. The maximum atomic E-state index is 12.2. The van der Waals surface area contributed by atoms with E-state index in [1.54, 1.807) is 0 Å². The second-order valence-electron chi connectivity index (χ2n) is 6.32. The van der Waals surface area contributed by atoms with Crippen molar-refractivity contribution in [2.24, 2.45) is 5.92 Å². The van der Waals surface area contributed by atoms with Crippen molar-refractivity contribution >= 4 is 6.09 Å². The van der Waals surface area contributed by atoms with Crippen LogP contribution in [0, 0.1) is 5.92 Å². The molecular formula is C13H26N2O2. The lowest BCUT2D eigenvalue weighted by molar-refractivity contribution is -0.0189. The first-order chi connectivity index (χ1) is 7.67. The molecule has 100 valence electrons. The molecule has 0 aromatic rings. The normalized spacial score (nSPS) is 26.2. The Morgan fingerprint density at radius 3 is 2.47 bits per heavy atom. The number of rotatable bonds is 1. The highest BCUT2D eigenvalue weighted by Crippen LogP contribution is 2.27. The van der Waals surface area contributed by atoms with Crippen LogP contribution >= 0.6 is 0 Å². The van der Waals surface area contributed by atoms with Crippen LogP contribution in [0.2, 0.25) is 0 Å². The van der Waals surface area contributed by atoms with Gasteiger partial charge in [-0.3, -0.25) is 4.90 Å². The molecule has 1 aliphatic heterocycles. The highest BCUT2D eigenvalue weighted by atomic mass is 16.6. The van der Waals surface area contributed by atoms with Crippen molar-refractivity contribution in [3.05, 3.63) is 0 Å². The van der Waals surface area contributed by atoms with Gasteiger partial charge in [0, 0.05) is 19.6 Å². The lowest BCUT2D eigenvalue weighted by Gasteiger charge is -2.47. The Morgan fingerprint density at radius 1 is 1.41 bits per heavy atom. The van der Waals surface area contributed by atoms with E-state index in [1.807, 2.05) is 25.7 Å². The Bertz CT molecular complexity index is 284. The van der Waals surface area contributed by atoms with Crippen molar-refractivity contribution in [1.29, 1.82) is 0 Å². The van der Waals surface area contributed by atoms with Gasteiger partial charge < -0.3 is 10.1 Å². The standard InChI is InChI=1S/C13H26N2O2/c1-10(2)13(6)9-14-7-8-15(13)11(16)17-12(3,4)5/h10,14H,7-9H2,1-6H3. The minimum absolute atomic E-state index is 0.166. The van der Waals surface area contributed by atoms with Gasteiger partial charge in [-0.2, -0.15) is 0 Å². The van der Waals surface area contributed by atoms with E-state index >= 15 is 0 Å². The summed E-state index contributed by atoms with van der Waals surface area (Å²) in [6.07, 6.45) is -0.199. The summed E-state index contributed by atoms with van der Waals surface area (Å²) in [6, 6.07) is 0. The third kappa shape index (κ3) is 3.35. The summed E-state index contributed by atoms with van der Waals surface area (Å²) < 4.78 is 5.48. The summed E-state index contributed by atoms with van der Waals surface area (Å²) in [7, 11) is 0. The van der Waals surface area contributed by atoms with Crippen LogP contribution in [0.25, 0.3) is 0 Å². The number of hydrogen-bond donors (Lipinski definition) is 1. The van der Waals surface area contributed by atoms with Crippen LogP contribution in [0.4, 0.5) is 4.79 Å². The molecule has 0 bridgehead atoms. The van der Waals surface area contributed by atoms with Gasteiger partial charge in [-0.25, -0.2) is 4.79 Å². The molecule has 1 aliphatic rings. The van der Waals surface area contributed by atoms with E-state index in [-0.39, 0.29) is 11.6 Å². The maximum Gasteiger partial charge on any atom is 0.410 e. The molecule has 1 amide bonds. The van der Waals surface area contributed by atoms with E-state index < -0.39 is 5.60 Å². The minimum Gasteiger partial charge on any atom is -0.444 e. The molecule has 0 aliphatic carbocycles. The molecule has 0 spiro atoms. The molecule has 0 aromatic heterocycles. The Kier molecular flexibility index (Phi) is 4.07. The van der Waals surface area contributed by atoms with E-state index in [4.69, 9.17) is 4.74 Å². The van der Waals surface area contributed by atoms with Crippen molar-refractivity contribution in [1.82, 2.24) is 10.2 Å². The number of nitrogens with zero attached hydrogens (tertiary/aromatic N) is 1. The lowest BCUT2D eigenvalue weighted by Crippen LogP contribution is -2.64. The third-order valence-electron chi connectivity index (χ3n) is 3.47. The van der Waals surface area contributed by atoms with Crippen LogP contribution in [0.1, 0.15) is 41.5 Å². The van der Waals surface area contributed by atoms with Gasteiger partial charge in [0.25, 0.3) is 0 Å². The molecule has 17 heavy (non-hydrogen) atoms. The second kappa shape index (κ2) is 4.84. The summed E-state index contributed by atoms with van der Waals surface area (Å²) in [5, 5.41) is 3.35. The fourth-order valence-corrected chi connectivity index (χ4v) is 2.02. The Balaban J connectivity index is 2.82. The molecule has 1 rings (SSSR count). The number of ether oxygens (including phenoxy) is 1. The molecule has 1 atom stereocenters. The van der Waals surface area contributed by atoms with Gasteiger partial charge in [-0.05, 0) is 33.6 Å². The van der Waals surface area contributed by atoms with Gasteiger partial charge in [0.1, 0.15) is 5.60 Å². The summed E-state index contributed by atoms with van der Waals surface area (Å²) in [6.45, 7) is 14.5. The molecule has 4 heteroatoms.